The maximum atomic E-state index is 4.55. The molecule has 3 rings (SSSR count). The van der Waals surface area contributed by atoms with Gasteiger partial charge in [0.15, 0.2) is 0 Å². The lowest BCUT2D eigenvalue weighted by atomic mass is 10.1. The van der Waals surface area contributed by atoms with Gasteiger partial charge < -0.3 is 0 Å². The molecule has 82 valence electrons. The molecule has 0 aliphatic carbocycles. The van der Waals surface area contributed by atoms with Gasteiger partial charge in [-0.1, -0.05) is 30.3 Å². The number of nitrogens with one attached hydrogen (secondary N) is 1. The third-order valence-electron chi connectivity index (χ3n) is 2.48. The predicted octanol–water partition coefficient (Wildman–Crippen LogP) is 2.53. The van der Waals surface area contributed by atoms with Gasteiger partial charge in [-0.25, -0.2) is 4.98 Å². The summed E-state index contributed by atoms with van der Waals surface area (Å²) in [6.45, 7) is 0. The van der Waals surface area contributed by atoms with E-state index in [1.165, 1.54) is 0 Å². The van der Waals surface area contributed by atoms with E-state index >= 15 is 0 Å². The predicted molar refractivity (Wildman–Crippen MR) is 65.0 cm³/mol. The molecule has 2 heterocycles. The fraction of sp³-hybridized carbons (Fsp3) is 0. The molecular formula is C13H10N4. The molecule has 0 aliphatic heterocycles. The topological polar surface area (TPSA) is 54.5 Å². The SMILES string of the molecule is c1ccc(-c2cncc(-c3ccn[nH]3)n2)cc1. The highest BCUT2D eigenvalue weighted by Crippen LogP contribution is 2.19. The highest BCUT2D eigenvalue weighted by atomic mass is 15.1. The molecule has 0 saturated heterocycles. The van der Waals surface area contributed by atoms with Crippen LogP contribution in [0.2, 0.25) is 0 Å². The standard InChI is InChI=1S/C13H10N4/c1-2-4-10(5-3-1)12-8-14-9-13(16-12)11-6-7-15-17-11/h1-9H,(H,15,17). The molecule has 4 heteroatoms. The fourth-order valence-electron chi connectivity index (χ4n) is 1.64. The molecule has 0 fully saturated rings. The Balaban J connectivity index is 2.06. The molecule has 0 saturated carbocycles. The van der Waals surface area contributed by atoms with Crippen molar-refractivity contribution in [3.05, 3.63) is 55.0 Å². The summed E-state index contributed by atoms with van der Waals surface area (Å²) in [5.41, 5.74) is 3.58. The highest BCUT2D eigenvalue weighted by Gasteiger charge is 2.04. The Labute approximate surface area is 98.4 Å². The van der Waals surface area contributed by atoms with E-state index in [1.54, 1.807) is 18.6 Å². The second kappa shape index (κ2) is 4.17. The maximum Gasteiger partial charge on any atom is 0.107 e. The van der Waals surface area contributed by atoms with Crippen LogP contribution in [0, 0.1) is 0 Å². The summed E-state index contributed by atoms with van der Waals surface area (Å²) < 4.78 is 0. The van der Waals surface area contributed by atoms with E-state index in [1.807, 2.05) is 36.4 Å². The van der Waals surface area contributed by atoms with Crippen molar-refractivity contribution < 1.29 is 0 Å². The number of aromatic amines is 1. The van der Waals surface area contributed by atoms with Crippen LogP contribution in [0.5, 0.6) is 0 Å². The van der Waals surface area contributed by atoms with Gasteiger partial charge in [0.25, 0.3) is 0 Å². The summed E-state index contributed by atoms with van der Waals surface area (Å²) in [5, 5.41) is 6.79. The molecular weight excluding hydrogens is 212 g/mol. The summed E-state index contributed by atoms with van der Waals surface area (Å²) in [4.78, 5) is 8.76. The van der Waals surface area contributed by atoms with Gasteiger partial charge in [0.05, 0.1) is 23.8 Å². The van der Waals surface area contributed by atoms with Gasteiger partial charge in [-0.3, -0.25) is 10.1 Å². The van der Waals surface area contributed by atoms with Crippen LogP contribution in [0.1, 0.15) is 0 Å². The van der Waals surface area contributed by atoms with Crippen LogP contribution in [0.25, 0.3) is 22.6 Å². The molecule has 0 bridgehead atoms. The van der Waals surface area contributed by atoms with Crippen LogP contribution in [0.4, 0.5) is 0 Å². The summed E-state index contributed by atoms with van der Waals surface area (Å²) >= 11 is 0. The zero-order valence-corrected chi connectivity index (χ0v) is 9.04. The molecule has 0 atom stereocenters. The summed E-state index contributed by atoms with van der Waals surface area (Å²) in [7, 11) is 0. The first-order chi connectivity index (χ1) is 8.43. The largest absolute Gasteiger partial charge is 0.276 e. The first kappa shape index (κ1) is 9.72. The van der Waals surface area contributed by atoms with Crippen LogP contribution < -0.4 is 0 Å². The number of aromatic nitrogens is 4. The zero-order chi connectivity index (χ0) is 11.5. The molecule has 0 radical (unpaired) electrons. The normalized spacial score (nSPS) is 10.4. The van der Waals surface area contributed by atoms with Crippen LogP contribution in [-0.4, -0.2) is 20.2 Å². The Morgan fingerprint density at radius 1 is 0.882 bits per heavy atom. The number of rotatable bonds is 2. The fourth-order valence-corrected chi connectivity index (χ4v) is 1.64. The maximum absolute atomic E-state index is 4.55. The molecule has 1 N–H and O–H groups in total. The van der Waals surface area contributed by atoms with Gasteiger partial charge in [-0.2, -0.15) is 5.10 Å². The molecule has 1 aromatic carbocycles. The minimum Gasteiger partial charge on any atom is -0.276 e. The van der Waals surface area contributed by atoms with Gasteiger partial charge in [-0.05, 0) is 6.07 Å². The summed E-state index contributed by atoms with van der Waals surface area (Å²) in [6, 6.07) is 11.9. The van der Waals surface area contributed by atoms with Gasteiger partial charge in [0.2, 0.25) is 0 Å². The van der Waals surface area contributed by atoms with Crippen molar-refractivity contribution in [3.8, 4) is 22.6 Å². The monoisotopic (exact) mass is 222 g/mol. The smallest absolute Gasteiger partial charge is 0.107 e. The molecule has 17 heavy (non-hydrogen) atoms. The van der Waals surface area contributed by atoms with Crippen LogP contribution >= 0.6 is 0 Å². The molecule has 2 aromatic heterocycles. The molecule has 0 unspecified atom stereocenters. The molecule has 0 spiro atoms. The third kappa shape index (κ3) is 1.92. The summed E-state index contributed by atoms with van der Waals surface area (Å²) in [6.07, 6.45) is 5.18. The van der Waals surface area contributed by atoms with E-state index in [9.17, 15) is 0 Å². The number of hydrogen-bond donors (Lipinski definition) is 1. The average Bonchev–Trinajstić information content (AvgIpc) is 2.94. The van der Waals surface area contributed by atoms with E-state index in [0.29, 0.717) is 0 Å². The van der Waals surface area contributed by atoms with Crippen LogP contribution in [0.15, 0.2) is 55.0 Å². The minimum absolute atomic E-state index is 0.795. The Bertz CT molecular complexity index is 602. The van der Waals surface area contributed by atoms with E-state index in [4.69, 9.17) is 0 Å². The first-order valence-electron chi connectivity index (χ1n) is 5.31. The van der Waals surface area contributed by atoms with Crippen molar-refractivity contribution >= 4 is 0 Å². The average molecular weight is 222 g/mol. The van der Waals surface area contributed by atoms with Crippen molar-refractivity contribution in [1.29, 1.82) is 0 Å². The van der Waals surface area contributed by atoms with E-state index in [-0.39, 0.29) is 0 Å². The molecule has 3 aromatic rings. The first-order valence-corrected chi connectivity index (χ1v) is 5.31. The van der Waals surface area contributed by atoms with Crippen molar-refractivity contribution in [1.82, 2.24) is 20.2 Å². The zero-order valence-electron chi connectivity index (χ0n) is 9.04. The highest BCUT2D eigenvalue weighted by molar-refractivity contribution is 5.62. The van der Waals surface area contributed by atoms with Crippen LogP contribution in [0.3, 0.4) is 0 Å². The van der Waals surface area contributed by atoms with E-state index < -0.39 is 0 Å². The second-order valence-electron chi connectivity index (χ2n) is 3.63. The van der Waals surface area contributed by atoms with Gasteiger partial charge in [-0.15, -0.1) is 0 Å². The second-order valence-corrected chi connectivity index (χ2v) is 3.63. The third-order valence-corrected chi connectivity index (χ3v) is 2.48. The van der Waals surface area contributed by atoms with Crippen molar-refractivity contribution in [3.63, 3.8) is 0 Å². The Morgan fingerprint density at radius 3 is 2.47 bits per heavy atom. The van der Waals surface area contributed by atoms with Gasteiger partial charge in [0, 0.05) is 11.8 Å². The van der Waals surface area contributed by atoms with Crippen molar-refractivity contribution in [2.45, 2.75) is 0 Å². The lowest BCUT2D eigenvalue weighted by Crippen LogP contribution is -1.90. The van der Waals surface area contributed by atoms with Crippen molar-refractivity contribution in [2.75, 3.05) is 0 Å². The lowest BCUT2D eigenvalue weighted by molar-refractivity contribution is 1.08. The van der Waals surface area contributed by atoms with Gasteiger partial charge in [0.1, 0.15) is 5.69 Å². The minimum atomic E-state index is 0.795. The lowest BCUT2D eigenvalue weighted by Gasteiger charge is -2.02. The number of hydrogen-bond acceptors (Lipinski definition) is 3. The number of H-pyrrole nitrogens is 1. The quantitative estimate of drug-likeness (QED) is 0.724. The molecule has 0 aliphatic rings. The van der Waals surface area contributed by atoms with E-state index in [2.05, 4.69) is 20.2 Å². The number of benzene rings is 1. The Kier molecular flexibility index (Phi) is 2.38. The van der Waals surface area contributed by atoms with E-state index in [0.717, 1.165) is 22.6 Å². The Hall–Kier alpha value is -2.49. The van der Waals surface area contributed by atoms with Crippen LogP contribution in [-0.2, 0) is 0 Å². The van der Waals surface area contributed by atoms with Gasteiger partial charge >= 0.3 is 0 Å². The molecule has 0 amide bonds. The number of nitrogens with zero attached hydrogens (tertiary/aromatic N) is 3. The Morgan fingerprint density at radius 2 is 1.71 bits per heavy atom. The van der Waals surface area contributed by atoms with Crippen molar-refractivity contribution in [2.24, 2.45) is 0 Å². The summed E-state index contributed by atoms with van der Waals surface area (Å²) in [5.74, 6) is 0. The molecule has 4 nitrogen and oxygen atoms in total.